The van der Waals surface area contributed by atoms with Crippen molar-refractivity contribution in [3.05, 3.63) is 70.5 Å². The lowest BCUT2D eigenvalue weighted by atomic mass is 9.97. The Morgan fingerprint density at radius 1 is 0.895 bits per heavy atom. The summed E-state index contributed by atoms with van der Waals surface area (Å²) in [6.07, 6.45) is 0. The van der Waals surface area contributed by atoms with E-state index in [0.29, 0.717) is 5.56 Å². The normalized spacial score (nSPS) is 12.5. The van der Waals surface area contributed by atoms with E-state index in [1.54, 1.807) is 26.1 Å². The maximum atomic E-state index is 13.9. The van der Waals surface area contributed by atoms with Gasteiger partial charge in [0.2, 0.25) is 0 Å². The van der Waals surface area contributed by atoms with Gasteiger partial charge in [-0.3, -0.25) is 0 Å². The Kier molecular flexibility index (Phi) is 3.90. The van der Waals surface area contributed by atoms with Crippen LogP contribution < -0.4 is 5.32 Å². The molecule has 100 valence electrons. The minimum atomic E-state index is -0.695. The Labute approximate surface area is 110 Å². The molecule has 0 aliphatic heterocycles. The van der Waals surface area contributed by atoms with Crippen molar-refractivity contribution < 1.29 is 13.2 Å². The quantitative estimate of drug-likeness (QED) is 0.891. The first-order valence-corrected chi connectivity index (χ1v) is 5.91. The van der Waals surface area contributed by atoms with Gasteiger partial charge in [0, 0.05) is 17.2 Å². The van der Waals surface area contributed by atoms with Crippen molar-refractivity contribution in [3.8, 4) is 0 Å². The van der Waals surface area contributed by atoms with Gasteiger partial charge in [-0.25, -0.2) is 13.2 Å². The van der Waals surface area contributed by atoms with Crippen LogP contribution >= 0.6 is 0 Å². The molecule has 1 unspecified atom stereocenters. The van der Waals surface area contributed by atoms with Crippen LogP contribution in [0.2, 0.25) is 0 Å². The summed E-state index contributed by atoms with van der Waals surface area (Å²) in [6, 6.07) is 7.38. The summed E-state index contributed by atoms with van der Waals surface area (Å²) in [7, 11) is 1.60. The molecule has 19 heavy (non-hydrogen) atoms. The number of aryl methyl sites for hydroxylation is 1. The van der Waals surface area contributed by atoms with Gasteiger partial charge in [-0.15, -0.1) is 0 Å². The molecule has 0 spiro atoms. The molecular weight excluding hydrogens is 251 g/mol. The van der Waals surface area contributed by atoms with Crippen molar-refractivity contribution in [2.45, 2.75) is 13.0 Å². The molecule has 0 bridgehead atoms. The second-order valence-corrected chi connectivity index (χ2v) is 4.41. The van der Waals surface area contributed by atoms with Crippen LogP contribution in [0.1, 0.15) is 22.7 Å². The van der Waals surface area contributed by atoms with Gasteiger partial charge >= 0.3 is 0 Å². The van der Waals surface area contributed by atoms with Crippen molar-refractivity contribution in [2.75, 3.05) is 7.05 Å². The van der Waals surface area contributed by atoms with Crippen LogP contribution in [-0.2, 0) is 0 Å². The molecule has 0 aliphatic rings. The highest BCUT2D eigenvalue weighted by Crippen LogP contribution is 2.27. The first-order valence-electron chi connectivity index (χ1n) is 5.91. The Hall–Kier alpha value is -1.81. The molecule has 1 N–H and O–H groups in total. The number of rotatable bonds is 3. The van der Waals surface area contributed by atoms with Crippen LogP contribution in [-0.4, -0.2) is 7.05 Å². The molecule has 0 aromatic heterocycles. The smallest absolute Gasteiger partial charge is 0.131 e. The molecule has 0 aliphatic carbocycles. The first kappa shape index (κ1) is 13.6. The van der Waals surface area contributed by atoms with Gasteiger partial charge in [0.15, 0.2) is 0 Å². The van der Waals surface area contributed by atoms with Crippen LogP contribution in [0.25, 0.3) is 0 Å². The van der Waals surface area contributed by atoms with Crippen molar-refractivity contribution in [1.82, 2.24) is 5.32 Å². The molecule has 2 rings (SSSR count). The molecule has 0 saturated heterocycles. The van der Waals surface area contributed by atoms with Crippen molar-refractivity contribution in [2.24, 2.45) is 0 Å². The zero-order valence-electron chi connectivity index (χ0n) is 10.7. The minimum Gasteiger partial charge on any atom is -0.309 e. The molecular formula is C15H14F3N. The molecule has 2 aromatic rings. The van der Waals surface area contributed by atoms with Crippen LogP contribution in [0.3, 0.4) is 0 Å². The molecule has 4 heteroatoms. The summed E-state index contributed by atoms with van der Waals surface area (Å²) >= 11 is 0. The lowest BCUT2D eigenvalue weighted by Crippen LogP contribution is -2.20. The lowest BCUT2D eigenvalue weighted by molar-refractivity contribution is 0.535. The number of benzene rings is 2. The van der Waals surface area contributed by atoms with E-state index in [1.807, 2.05) is 0 Å². The monoisotopic (exact) mass is 265 g/mol. The van der Waals surface area contributed by atoms with Gasteiger partial charge in [-0.05, 0) is 31.7 Å². The average molecular weight is 265 g/mol. The fourth-order valence-corrected chi connectivity index (χ4v) is 2.08. The summed E-state index contributed by atoms with van der Waals surface area (Å²) in [5.41, 5.74) is 1.33. The second kappa shape index (κ2) is 5.45. The van der Waals surface area contributed by atoms with Crippen molar-refractivity contribution >= 4 is 0 Å². The predicted octanol–water partition coefficient (Wildman–Crippen LogP) is 3.72. The molecule has 0 radical (unpaired) electrons. The highest BCUT2D eigenvalue weighted by Gasteiger charge is 2.19. The summed E-state index contributed by atoms with van der Waals surface area (Å²) in [5.74, 6) is -1.76. The largest absolute Gasteiger partial charge is 0.309 e. The SMILES string of the molecule is CNC(c1ccc(C)cc1F)c1ccc(F)cc1F. The molecule has 2 aromatic carbocycles. The molecule has 1 atom stereocenters. The molecule has 0 heterocycles. The third-order valence-electron chi connectivity index (χ3n) is 3.03. The number of hydrogen-bond acceptors (Lipinski definition) is 1. The van der Waals surface area contributed by atoms with Gasteiger partial charge in [0.25, 0.3) is 0 Å². The van der Waals surface area contributed by atoms with Gasteiger partial charge < -0.3 is 5.32 Å². The third-order valence-corrected chi connectivity index (χ3v) is 3.03. The Morgan fingerprint density at radius 3 is 2.00 bits per heavy atom. The zero-order chi connectivity index (χ0) is 14.0. The van der Waals surface area contributed by atoms with Crippen LogP contribution in [0.5, 0.6) is 0 Å². The van der Waals surface area contributed by atoms with E-state index < -0.39 is 23.5 Å². The van der Waals surface area contributed by atoms with Gasteiger partial charge in [0.1, 0.15) is 17.5 Å². The third kappa shape index (κ3) is 2.79. The number of nitrogens with one attached hydrogen (secondary N) is 1. The minimum absolute atomic E-state index is 0.214. The van der Waals surface area contributed by atoms with Crippen molar-refractivity contribution in [1.29, 1.82) is 0 Å². The Bertz CT molecular complexity index is 544. The number of hydrogen-bond donors (Lipinski definition) is 1. The molecule has 0 fully saturated rings. The second-order valence-electron chi connectivity index (χ2n) is 4.41. The molecule has 1 nitrogen and oxygen atoms in total. The van der Waals surface area contributed by atoms with Crippen LogP contribution in [0.4, 0.5) is 13.2 Å². The van der Waals surface area contributed by atoms with E-state index in [-0.39, 0.29) is 5.56 Å². The molecule has 0 amide bonds. The van der Waals surface area contributed by atoms with E-state index in [4.69, 9.17) is 0 Å². The van der Waals surface area contributed by atoms with E-state index in [2.05, 4.69) is 5.32 Å². The maximum Gasteiger partial charge on any atom is 0.131 e. The summed E-state index contributed by atoms with van der Waals surface area (Å²) < 4.78 is 40.6. The summed E-state index contributed by atoms with van der Waals surface area (Å²) in [5, 5.41) is 2.85. The van der Waals surface area contributed by atoms with E-state index >= 15 is 0 Å². The summed E-state index contributed by atoms with van der Waals surface area (Å²) in [6.45, 7) is 1.78. The van der Waals surface area contributed by atoms with Crippen LogP contribution in [0.15, 0.2) is 36.4 Å². The van der Waals surface area contributed by atoms with E-state index in [1.165, 1.54) is 12.1 Å². The maximum absolute atomic E-state index is 13.9. The Balaban J connectivity index is 2.50. The van der Waals surface area contributed by atoms with Gasteiger partial charge in [-0.1, -0.05) is 18.2 Å². The van der Waals surface area contributed by atoms with Gasteiger partial charge in [0.05, 0.1) is 6.04 Å². The van der Waals surface area contributed by atoms with Crippen molar-refractivity contribution in [3.63, 3.8) is 0 Å². The standard InChI is InChI=1S/C15H14F3N/c1-9-3-5-11(13(17)7-9)15(19-2)12-6-4-10(16)8-14(12)18/h3-8,15,19H,1-2H3. The number of halogens is 3. The topological polar surface area (TPSA) is 12.0 Å². The van der Waals surface area contributed by atoms with E-state index in [9.17, 15) is 13.2 Å². The van der Waals surface area contributed by atoms with Gasteiger partial charge in [-0.2, -0.15) is 0 Å². The highest BCUT2D eigenvalue weighted by atomic mass is 19.1. The first-order chi connectivity index (χ1) is 9.02. The highest BCUT2D eigenvalue weighted by molar-refractivity contribution is 5.35. The molecule has 0 saturated carbocycles. The summed E-state index contributed by atoms with van der Waals surface area (Å²) in [4.78, 5) is 0. The predicted molar refractivity (Wildman–Crippen MR) is 68.4 cm³/mol. The zero-order valence-corrected chi connectivity index (χ0v) is 10.7. The van der Waals surface area contributed by atoms with E-state index in [0.717, 1.165) is 17.7 Å². The lowest BCUT2D eigenvalue weighted by Gasteiger charge is -2.19. The average Bonchev–Trinajstić information content (AvgIpc) is 2.34. The Morgan fingerprint density at radius 2 is 1.47 bits per heavy atom. The van der Waals surface area contributed by atoms with Crippen LogP contribution in [0, 0.1) is 24.4 Å². The fourth-order valence-electron chi connectivity index (χ4n) is 2.08. The fraction of sp³-hybridized carbons (Fsp3) is 0.200.